The van der Waals surface area contributed by atoms with Crippen LogP contribution in [0.4, 0.5) is 5.69 Å². The summed E-state index contributed by atoms with van der Waals surface area (Å²) in [6.07, 6.45) is 0. The van der Waals surface area contributed by atoms with Crippen molar-refractivity contribution < 1.29 is 14.4 Å². The minimum Gasteiger partial charge on any atom is -0.335 e. The van der Waals surface area contributed by atoms with Crippen LogP contribution < -0.4 is 5.32 Å². The molecule has 0 aromatic heterocycles. The Morgan fingerprint density at radius 3 is 1.59 bits per heavy atom. The van der Waals surface area contributed by atoms with Gasteiger partial charge in [0, 0.05) is 48.6 Å². The van der Waals surface area contributed by atoms with E-state index < -0.39 is 0 Å². The summed E-state index contributed by atoms with van der Waals surface area (Å²) in [5.74, 6) is -0.275. The molecule has 6 heteroatoms. The van der Waals surface area contributed by atoms with Crippen molar-refractivity contribution in [3.8, 4) is 0 Å². The molecule has 162 valence electrons. The Balaban J connectivity index is 1.32. The van der Waals surface area contributed by atoms with Gasteiger partial charge in [-0.25, -0.2) is 0 Å². The fraction of sp³-hybridized carbons (Fsp3) is 0.192. The number of piperazine rings is 1. The lowest BCUT2D eigenvalue weighted by molar-refractivity contribution is 0.0535. The van der Waals surface area contributed by atoms with Gasteiger partial charge in [-0.2, -0.15) is 0 Å². The lowest BCUT2D eigenvalue weighted by Gasteiger charge is -2.35. The summed E-state index contributed by atoms with van der Waals surface area (Å²) < 4.78 is 0. The van der Waals surface area contributed by atoms with Gasteiger partial charge in [-0.15, -0.1) is 0 Å². The maximum absolute atomic E-state index is 12.9. The smallest absolute Gasteiger partial charge is 0.255 e. The number of aryl methyl sites for hydroxylation is 1. The molecule has 0 spiro atoms. The molecule has 0 atom stereocenters. The zero-order chi connectivity index (χ0) is 22.5. The Morgan fingerprint density at radius 2 is 1.09 bits per heavy atom. The van der Waals surface area contributed by atoms with E-state index in [1.54, 1.807) is 46.2 Å². The Bertz CT molecular complexity index is 1100. The van der Waals surface area contributed by atoms with E-state index in [4.69, 9.17) is 0 Å². The summed E-state index contributed by atoms with van der Waals surface area (Å²) in [7, 11) is 0. The van der Waals surface area contributed by atoms with Gasteiger partial charge < -0.3 is 15.1 Å². The van der Waals surface area contributed by atoms with E-state index in [0.717, 1.165) is 5.56 Å². The molecule has 3 amide bonds. The molecule has 6 nitrogen and oxygen atoms in total. The normalized spacial score (nSPS) is 13.5. The number of nitrogens with one attached hydrogen (secondary N) is 1. The predicted octanol–water partition coefficient (Wildman–Crippen LogP) is 3.85. The molecule has 0 aliphatic carbocycles. The van der Waals surface area contributed by atoms with E-state index in [0.29, 0.717) is 48.6 Å². The maximum atomic E-state index is 12.9. The first-order chi connectivity index (χ1) is 15.5. The highest BCUT2D eigenvalue weighted by atomic mass is 16.2. The molecule has 4 rings (SSSR count). The van der Waals surface area contributed by atoms with Crippen molar-refractivity contribution in [1.82, 2.24) is 9.80 Å². The van der Waals surface area contributed by atoms with E-state index in [1.165, 1.54) is 0 Å². The van der Waals surface area contributed by atoms with Crippen molar-refractivity contribution in [2.75, 3.05) is 31.5 Å². The first kappa shape index (κ1) is 21.3. The molecular formula is C26H25N3O3. The lowest BCUT2D eigenvalue weighted by atomic mass is 10.1. The summed E-state index contributed by atoms with van der Waals surface area (Å²) in [4.78, 5) is 41.4. The lowest BCUT2D eigenvalue weighted by Crippen LogP contribution is -2.50. The average molecular weight is 428 g/mol. The van der Waals surface area contributed by atoms with Crippen molar-refractivity contribution in [2.24, 2.45) is 0 Å². The molecule has 3 aromatic rings. The van der Waals surface area contributed by atoms with Crippen molar-refractivity contribution >= 4 is 23.4 Å². The second-order valence-electron chi connectivity index (χ2n) is 7.85. The number of carbonyl (C=O) groups excluding carboxylic acids is 3. The van der Waals surface area contributed by atoms with Crippen LogP contribution >= 0.6 is 0 Å². The van der Waals surface area contributed by atoms with Crippen molar-refractivity contribution in [3.63, 3.8) is 0 Å². The molecule has 0 radical (unpaired) electrons. The SMILES string of the molecule is Cc1ccc(C(=O)N2CCN(C(=O)c3ccc(NC(=O)c4ccccc4)cc3)CC2)cc1. The number of amides is 3. The number of nitrogens with zero attached hydrogens (tertiary/aromatic N) is 2. The number of carbonyl (C=O) groups is 3. The largest absolute Gasteiger partial charge is 0.335 e. The second-order valence-corrected chi connectivity index (χ2v) is 7.85. The summed E-state index contributed by atoms with van der Waals surface area (Å²) in [6, 6.07) is 23.4. The molecule has 32 heavy (non-hydrogen) atoms. The van der Waals surface area contributed by atoms with E-state index in [2.05, 4.69) is 5.32 Å². The molecule has 0 bridgehead atoms. The van der Waals surface area contributed by atoms with Crippen LogP contribution in [0.2, 0.25) is 0 Å². The fourth-order valence-corrected chi connectivity index (χ4v) is 3.66. The molecule has 1 heterocycles. The van der Waals surface area contributed by atoms with Gasteiger partial charge >= 0.3 is 0 Å². The van der Waals surface area contributed by atoms with Crippen LogP contribution in [0, 0.1) is 6.92 Å². The highest BCUT2D eigenvalue weighted by Crippen LogP contribution is 2.16. The van der Waals surface area contributed by atoms with Crippen molar-refractivity contribution in [2.45, 2.75) is 6.92 Å². The van der Waals surface area contributed by atoms with Gasteiger partial charge in [-0.1, -0.05) is 35.9 Å². The number of benzene rings is 3. The minimum absolute atomic E-state index is 0.00407. The number of hydrogen-bond donors (Lipinski definition) is 1. The third kappa shape index (κ3) is 4.86. The highest BCUT2D eigenvalue weighted by Gasteiger charge is 2.25. The highest BCUT2D eigenvalue weighted by molar-refractivity contribution is 6.04. The summed E-state index contributed by atoms with van der Waals surface area (Å²) >= 11 is 0. The van der Waals surface area contributed by atoms with Gasteiger partial charge in [0.05, 0.1) is 0 Å². The minimum atomic E-state index is -0.195. The average Bonchev–Trinajstić information content (AvgIpc) is 2.85. The Labute approximate surface area is 187 Å². The molecule has 1 aliphatic heterocycles. The van der Waals surface area contributed by atoms with E-state index in [1.807, 2.05) is 49.4 Å². The summed E-state index contributed by atoms with van der Waals surface area (Å²) in [5.41, 5.74) is 3.54. The number of anilines is 1. The number of hydrogen-bond acceptors (Lipinski definition) is 3. The van der Waals surface area contributed by atoms with Crippen molar-refractivity contribution in [1.29, 1.82) is 0 Å². The van der Waals surface area contributed by atoms with Gasteiger partial charge in [0.2, 0.25) is 0 Å². The van der Waals surface area contributed by atoms with Gasteiger partial charge in [-0.05, 0) is 55.5 Å². The molecule has 0 unspecified atom stereocenters. The Kier molecular flexibility index (Phi) is 6.31. The number of rotatable bonds is 4. The monoisotopic (exact) mass is 427 g/mol. The van der Waals surface area contributed by atoms with Crippen LogP contribution in [0.15, 0.2) is 78.9 Å². The quantitative estimate of drug-likeness (QED) is 0.688. The fourth-order valence-electron chi connectivity index (χ4n) is 3.66. The van der Waals surface area contributed by atoms with Gasteiger partial charge in [0.1, 0.15) is 0 Å². The zero-order valence-electron chi connectivity index (χ0n) is 18.0. The van der Waals surface area contributed by atoms with Crippen LogP contribution in [0.25, 0.3) is 0 Å². The van der Waals surface area contributed by atoms with Crippen LogP contribution in [0.5, 0.6) is 0 Å². The Morgan fingerprint density at radius 1 is 0.625 bits per heavy atom. The molecule has 3 aromatic carbocycles. The van der Waals surface area contributed by atoms with Gasteiger partial charge in [0.25, 0.3) is 17.7 Å². The maximum Gasteiger partial charge on any atom is 0.255 e. The first-order valence-corrected chi connectivity index (χ1v) is 10.6. The molecule has 1 aliphatic rings. The Hall–Kier alpha value is -3.93. The van der Waals surface area contributed by atoms with Crippen LogP contribution in [0.3, 0.4) is 0 Å². The van der Waals surface area contributed by atoms with E-state index in [-0.39, 0.29) is 17.7 Å². The molecule has 1 N–H and O–H groups in total. The third-order valence-corrected chi connectivity index (χ3v) is 5.58. The first-order valence-electron chi connectivity index (χ1n) is 10.6. The van der Waals surface area contributed by atoms with Crippen LogP contribution in [0.1, 0.15) is 36.6 Å². The zero-order valence-corrected chi connectivity index (χ0v) is 18.0. The molecule has 0 saturated carbocycles. The molecular weight excluding hydrogens is 402 g/mol. The van der Waals surface area contributed by atoms with Crippen LogP contribution in [-0.2, 0) is 0 Å². The van der Waals surface area contributed by atoms with Gasteiger partial charge in [0.15, 0.2) is 0 Å². The van der Waals surface area contributed by atoms with E-state index in [9.17, 15) is 14.4 Å². The molecule has 1 saturated heterocycles. The third-order valence-electron chi connectivity index (χ3n) is 5.58. The summed E-state index contributed by atoms with van der Waals surface area (Å²) in [6.45, 7) is 3.97. The second kappa shape index (κ2) is 9.47. The van der Waals surface area contributed by atoms with Crippen molar-refractivity contribution in [3.05, 3.63) is 101 Å². The van der Waals surface area contributed by atoms with Crippen LogP contribution in [-0.4, -0.2) is 53.7 Å². The predicted molar refractivity (Wildman–Crippen MR) is 124 cm³/mol. The summed E-state index contributed by atoms with van der Waals surface area (Å²) in [5, 5.41) is 2.83. The van der Waals surface area contributed by atoms with E-state index >= 15 is 0 Å². The standard InChI is InChI=1S/C26H25N3O3/c1-19-7-9-21(10-8-19)25(31)28-15-17-29(18-16-28)26(32)22-11-13-23(14-12-22)27-24(30)20-5-3-2-4-6-20/h2-14H,15-18H2,1H3,(H,27,30). The van der Waals surface area contributed by atoms with Gasteiger partial charge in [-0.3, -0.25) is 14.4 Å². The molecule has 1 fully saturated rings. The topological polar surface area (TPSA) is 69.7 Å².